The zero-order valence-electron chi connectivity index (χ0n) is 15.5. The predicted octanol–water partition coefficient (Wildman–Crippen LogP) is 3.91. The van der Waals surface area contributed by atoms with Crippen LogP contribution >= 0.6 is 11.3 Å². The van der Waals surface area contributed by atoms with E-state index in [-0.39, 0.29) is 12.5 Å². The summed E-state index contributed by atoms with van der Waals surface area (Å²) in [7, 11) is 0. The van der Waals surface area contributed by atoms with Crippen LogP contribution in [0, 0.1) is 6.92 Å². The van der Waals surface area contributed by atoms with Crippen LogP contribution in [-0.2, 0) is 11.3 Å². The van der Waals surface area contributed by atoms with Gasteiger partial charge in [0.2, 0.25) is 0 Å². The monoisotopic (exact) mass is 392 g/mol. The van der Waals surface area contributed by atoms with Crippen LogP contribution in [0.2, 0.25) is 0 Å². The van der Waals surface area contributed by atoms with E-state index in [0.717, 1.165) is 15.8 Å². The number of thiazole rings is 1. The SMILES string of the molecule is Cc1ccccc1OCC(=O)N(CCn1cccn1)c1nc2ccccc2s1. The third kappa shape index (κ3) is 4.04. The van der Waals surface area contributed by atoms with Gasteiger partial charge in [0, 0.05) is 18.9 Å². The molecule has 6 nitrogen and oxygen atoms in total. The van der Waals surface area contributed by atoms with Crippen molar-refractivity contribution in [1.82, 2.24) is 14.8 Å². The van der Waals surface area contributed by atoms with Gasteiger partial charge in [-0.3, -0.25) is 14.4 Å². The highest BCUT2D eigenvalue weighted by Gasteiger charge is 2.20. The quantitative estimate of drug-likeness (QED) is 0.478. The fourth-order valence-corrected chi connectivity index (χ4v) is 3.88. The van der Waals surface area contributed by atoms with E-state index in [9.17, 15) is 4.79 Å². The molecule has 142 valence electrons. The van der Waals surface area contributed by atoms with Gasteiger partial charge in [-0.05, 0) is 36.8 Å². The molecule has 0 spiro atoms. The summed E-state index contributed by atoms with van der Waals surface area (Å²) >= 11 is 1.50. The maximum atomic E-state index is 13.0. The molecule has 0 radical (unpaired) electrons. The number of nitrogens with zero attached hydrogens (tertiary/aromatic N) is 4. The molecule has 0 atom stereocenters. The first kappa shape index (κ1) is 18.2. The van der Waals surface area contributed by atoms with Crippen molar-refractivity contribution in [2.45, 2.75) is 13.5 Å². The lowest BCUT2D eigenvalue weighted by Crippen LogP contribution is -2.37. The summed E-state index contributed by atoms with van der Waals surface area (Å²) < 4.78 is 8.63. The van der Waals surface area contributed by atoms with Crippen molar-refractivity contribution in [2.24, 2.45) is 0 Å². The lowest BCUT2D eigenvalue weighted by molar-refractivity contribution is -0.120. The maximum absolute atomic E-state index is 13.0. The molecule has 0 aliphatic heterocycles. The molecule has 0 bridgehead atoms. The molecule has 0 N–H and O–H groups in total. The van der Waals surface area contributed by atoms with Gasteiger partial charge in [-0.25, -0.2) is 4.98 Å². The van der Waals surface area contributed by atoms with Crippen LogP contribution in [0.5, 0.6) is 5.75 Å². The molecule has 28 heavy (non-hydrogen) atoms. The molecule has 4 aromatic rings. The summed E-state index contributed by atoms with van der Waals surface area (Å²) in [6, 6.07) is 17.4. The summed E-state index contributed by atoms with van der Waals surface area (Å²) in [6.07, 6.45) is 3.61. The summed E-state index contributed by atoms with van der Waals surface area (Å²) in [6.45, 7) is 2.97. The number of amides is 1. The first-order valence-electron chi connectivity index (χ1n) is 9.02. The number of fused-ring (bicyclic) bond motifs is 1. The Bertz CT molecular complexity index is 1040. The number of carbonyl (C=O) groups is 1. The molecule has 7 heteroatoms. The Morgan fingerprint density at radius 2 is 1.96 bits per heavy atom. The highest BCUT2D eigenvalue weighted by molar-refractivity contribution is 7.22. The van der Waals surface area contributed by atoms with Crippen LogP contribution in [0.25, 0.3) is 10.2 Å². The molecule has 2 aromatic carbocycles. The van der Waals surface area contributed by atoms with Gasteiger partial charge in [-0.2, -0.15) is 5.10 Å². The molecular formula is C21H20N4O2S. The average molecular weight is 392 g/mol. The molecule has 2 aromatic heterocycles. The predicted molar refractivity (Wildman–Crippen MR) is 111 cm³/mol. The topological polar surface area (TPSA) is 60.2 Å². The zero-order chi connectivity index (χ0) is 19.3. The van der Waals surface area contributed by atoms with Crippen LogP contribution in [0.4, 0.5) is 5.13 Å². The minimum Gasteiger partial charge on any atom is -0.483 e. The van der Waals surface area contributed by atoms with Crippen molar-refractivity contribution in [2.75, 3.05) is 18.1 Å². The summed E-state index contributed by atoms with van der Waals surface area (Å²) in [5.74, 6) is 0.585. The Labute approximate surface area is 167 Å². The number of carbonyl (C=O) groups excluding carboxylic acids is 1. The molecule has 0 saturated heterocycles. The second-order valence-electron chi connectivity index (χ2n) is 6.33. The van der Waals surface area contributed by atoms with Gasteiger partial charge in [0.25, 0.3) is 5.91 Å². The summed E-state index contributed by atoms with van der Waals surface area (Å²) in [4.78, 5) is 19.3. The Balaban J connectivity index is 1.54. The molecule has 4 rings (SSSR count). The van der Waals surface area contributed by atoms with Crippen molar-refractivity contribution in [3.05, 3.63) is 72.6 Å². The van der Waals surface area contributed by atoms with Gasteiger partial charge in [-0.1, -0.05) is 41.7 Å². The van der Waals surface area contributed by atoms with Crippen molar-refractivity contribution in [3.8, 4) is 5.75 Å². The fourth-order valence-electron chi connectivity index (χ4n) is 2.87. The van der Waals surface area contributed by atoms with Gasteiger partial charge in [-0.15, -0.1) is 0 Å². The number of para-hydroxylation sites is 2. The van der Waals surface area contributed by atoms with Crippen LogP contribution in [0.1, 0.15) is 5.56 Å². The van der Waals surface area contributed by atoms with Gasteiger partial charge in [0.05, 0.1) is 16.8 Å². The van der Waals surface area contributed by atoms with Crippen molar-refractivity contribution < 1.29 is 9.53 Å². The first-order valence-corrected chi connectivity index (χ1v) is 9.84. The Morgan fingerprint density at radius 1 is 1.14 bits per heavy atom. The maximum Gasteiger partial charge on any atom is 0.266 e. The highest BCUT2D eigenvalue weighted by atomic mass is 32.1. The molecule has 0 aliphatic carbocycles. The van der Waals surface area contributed by atoms with Crippen molar-refractivity contribution >= 4 is 32.6 Å². The van der Waals surface area contributed by atoms with Gasteiger partial charge >= 0.3 is 0 Å². The van der Waals surface area contributed by atoms with E-state index in [1.807, 2.05) is 67.7 Å². The summed E-state index contributed by atoms with van der Waals surface area (Å²) in [5, 5.41) is 4.89. The average Bonchev–Trinajstić information content (AvgIpc) is 3.37. The Hall–Kier alpha value is -3.19. The van der Waals surface area contributed by atoms with E-state index in [0.29, 0.717) is 24.0 Å². The number of ether oxygens (including phenoxy) is 1. The Kier molecular flexibility index (Phi) is 5.34. The van der Waals surface area contributed by atoms with Crippen LogP contribution in [-0.4, -0.2) is 33.8 Å². The Morgan fingerprint density at radius 3 is 2.75 bits per heavy atom. The number of aryl methyl sites for hydroxylation is 1. The standard InChI is InChI=1S/C21H20N4O2S/c1-16-7-2-4-9-18(16)27-15-20(26)25(14-13-24-12-6-11-22-24)21-23-17-8-3-5-10-19(17)28-21/h2-12H,13-15H2,1H3. The number of anilines is 1. The van der Waals surface area contributed by atoms with E-state index in [2.05, 4.69) is 10.1 Å². The van der Waals surface area contributed by atoms with E-state index < -0.39 is 0 Å². The molecule has 0 unspecified atom stereocenters. The van der Waals surface area contributed by atoms with E-state index in [4.69, 9.17) is 4.74 Å². The van der Waals surface area contributed by atoms with Crippen molar-refractivity contribution in [1.29, 1.82) is 0 Å². The molecular weight excluding hydrogens is 372 g/mol. The lowest BCUT2D eigenvalue weighted by atomic mass is 10.2. The van der Waals surface area contributed by atoms with E-state index in [1.165, 1.54) is 11.3 Å². The number of aromatic nitrogens is 3. The number of benzene rings is 2. The fraction of sp³-hybridized carbons (Fsp3) is 0.190. The summed E-state index contributed by atoms with van der Waals surface area (Å²) in [5.41, 5.74) is 1.89. The van der Waals surface area contributed by atoms with Crippen LogP contribution in [0.15, 0.2) is 67.0 Å². The number of rotatable bonds is 7. The minimum atomic E-state index is -0.130. The third-order valence-corrected chi connectivity index (χ3v) is 5.43. The van der Waals surface area contributed by atoms with Gasteiger partial charge in [0.1, 0.15) is 5.75 Å². The first-order chi connectivity index (χ1) is 13.7. The second kappa shape index (κ2) is 8.22. The largest absolute Gasteiger partial charge is 0.483 e. The number of hydrogen-bond donors (Lipinski definition) is 0. The molecule has 0 aliphatic rings. The molecule has 0 saturated carbocycles. The third-order valence-electron chi connectivity index (χ3n) is 4.37. The van der Waals surface area contributed by atoms with Crippen molar-refractivity contribution in [3.63, 3.8) is 0 Å². The van der Waals surface area contributed by atoms with E-state index in [1.54, 1.807) is 15.8 Å². The molecule has 1 amide bonds. The molecule has 0 fully saturated rings. The van der Waals surface area contributed by atoms with Crippen LogP contribution in [0.3, 0.4) is 0 Å². The highest BCUT2D eigenvalue weighted by Crippen LogP contribution is 2.29. The lowest BCUT2D eigenvalue weighted by Gasteiger charge is -2.20. The van der Waals surface area contributed by atoms with E-state index >= 15 is 0 Å². The minimum absolute atomic E-state index is 0.0418. The number of hydrogen-bond acceptors (Lipinski definition) is 5. The van der Waals surface area contributed by atoms with Crippen LogP contribution < -0.4 is 9.64 Å². The zero-order valence-corrected chi connectivity index (χ0v) is 16.3. The second-order valence-corrected chi connectivity index (χ2v) is 7.34. The van der Waals surface area contributed by atoms with Gasteiger partial charge in [0.15, 0.2) is 11.7 Å². The molecule has 2 heterocycles. The normalized spacial score (nSPS) is 10.9. The van der Waals surface area contributed by atoms with Gasteiger partial charge < -0.3 is 4.74 Å². The smallest absolute Gasteiger partial charge is 0.266 e.